The molecule has 1 N–H and O–H groups in total. The summed E-state index contributed by atoms with van der Waals surface area (Å²) in [6.45, 7) is 0. The molecule has 3 rings (SSSR count). The number of carbonyl (C=O) groups is 2. The van der Waals surface area contributed by atoms with Gasteiger partial charge in [-0.3, -0.25) is 4.79 Å². The number of ketones is 1. The molecule has 19 heavy (non-hydrogen) atoms. The van der Waals surface area contributed by atoms with E-state index < -0.39 is 5.97 Å². The minimum atomic E-state index is -0.961. The van der Waals surface area contributed by atoms with Crippen molar-refractivity contribution < 1.29 is 14.7 Å². The highest BCUT2D eigenvalue weighted by atomic mass is 16.4. The van der Waals surface area contributed by atoms with Crippen molar-refractivity contribution in [2.24, 2.45) is 0 Å². The van der Waals surface area contributed by atoms with Gasteiger partial charge in [0.2, 0.25) is 0 Å². The second-order valence-electron chi connectivity index (χ2n) is 4.72. The smallest absolute Gasteiger partial charge is 0.335 e. The zero-order valence-corrected chi connectivity index (χ0v) is 10.2. The van der Waals surface area contributed by atoms with Crippen molar-refractivity contribution in [2.75, 3.05) is 0 Å². The lowest BCUT2D eigenvalue weighted by Crippen LogP contribution is -2.05. The van der Waals surface area contributed by atoms with E-state index in [1.807, 2.05) is 30.3 Å². The maximum absolute atomic E-state index is 12.2. The van der Waals surface area contributed by atoms with Crippen LogP contribution in [0, 0.1) is 0 Å². The molecule has 3 nitrogen and oxygen atoms in total. The number of carbonyl (C=O) groups excluding carboxylic acids is 1. The molecule has 0 spiro atoms. The third kappa shape index (κ3) is 2.03. The van der Waals surface area contributed by atoms with Gasteiger partial charge in [0.15, 0.2) is 5.78 Å². The van der Waals surface area contributed by atoms with E-state index in [0.717, 1.165) is 22.3 Å². The Morgan fingerprint density at radius 2 is 1.74 bits per heavy atom. The first-order valence-corrected chi connectivity index (χ1v) is 6.11. The van der Waals surface area contributed by atoms with Crippen LogP contribution in [0.4, 0.5) is 0 Å². The van der Waals surface area contributed by atoms with Gasteiger partial charge in [0.1, 0.15) is 0 Å². The van der Waals surface area contributed by atoms with Gasteiger partial charge in [-0.1, -0.05) is 30.3 Å². The first-order chi connectivity index (χ1) is 9.15. The number of Topliss-reactive ketones (excluding diaryl/α,β-unsaturated/α-hetero) is 1. The van der Waals surface area contributed by atoms with Crippen LogP contribution >= 0.6 is 0 Å². The lowest BCUT2D eigenvalue weighted by molar-refractivity contribution is 0.0696. The Morgan fingerprint density at radius 1 is 0.947 bits per heavy atom. The van der Waals surface area contributed by atoms with Crippen molar-refractivity contribution in [1.82, 2.24) is 0 Å². The van der Waals surface area contributed by atoms with E-state index in [1.165, 1.54) is 0 Å². The molecule has 0 fully saturated rings. The fraction of sp³-hybridized carbons (Fsp3) is 0.125. The molecular weight excluding hydrogens is 240 g/mol. The fourth-order valence-electron chi connectivity index (χ4n) is 2.52. The first kappa shape index (κ1) is 11.7. The Balaban J connectivity index is 2.12. The molecule has 0 aliphatic heterocycles. The van der Waals surface area contributed by atoms with Crippen LogP contribution in [0.2, 0.25) is 0 Å². The van der Waals surface area contributed by atoms with Crippen molar-refractivity contribution >= 4 is 11.8 Å². The second kappa shape index (κ2) is 4.35. The maximum Gasteiger partial charge on any atom is 0.335 e. The molecule has 2 aromatic rings. The molecule has 0 heterocycles. The summed E-state index contributed by atoms with van der Waals surface area (Å²) in [7, 11) is 0. The van der Waals surface area contributed by atoms with E-state index in [2.05, 4.69) is 0 Å². The lowest BCUT2D eigenvalue weighted by Gasteiger charge is -2.06. The first-order valence-electron chi connectivity index (χ1n) is 6.11. The average Bonchev–Trinajstić information content (AvgIpc) is 2.54. The van der Waals surface area contributed by atoms with E-state index in [4.69, 9.17) is 5.11 Å². The molecule has 0 radical (unpaired) electrons. The lowest BCUT2D eigenvalue weighted by atomic mass is 9.98. The summed E-state index contributed by atoms with van der Waals surface area (Å²) in [4.78, 5) is 23.2. The number of carboxylic acids is 1. The summed E-state index contributed by atoms with van der Waals surface area (Å²) in [5.41, 5.74) is 3.84. The number of carboxylic acid groups (broad SMARTS) is 1. The highest BCUT2D eigenvalue weighted by Crippen LogP contribution is 2.25. The molecule has 2 aromatic carbocycles. The zero-order chi connectivity index (χ0) is 13.4. The largest absolute Gasteiger partial charge is 0.478 e. The highest BCUT2D eigenvalue weighted by Gasteiger charge is 2.20. The van der Waals surface area contributed by atoms with Gasteiger partial charge in [-0.05, 0) is 35.2 Å². The van der Waals surface area contributed by atoms with E-state index in [0.29, 0.717) is 6.42 Å². The minimum Gasteiger partial charge on any atom is -0.478 e. The Bertz CT molecular complexity index is 686. The molecule has 94 valence electrons. The van der Waals surface area contributed by atoms with Gasteiger partial charge in [0.05, 0.1) is 5.56 Å². The third-order valence-electron chi connectivity index (χ3n) is 3.50. The highest BCUT2D eigenvalue weighted by molar-refractivity contribution is 6.00. The summed E-state index contributed by atoms with van der Waals surface area (Å²) in [6.07, 6.45) is 0.949. The summed E-state index contributed by atoms with van der Waals surface area (Å²) in [5.74, 6) is -0.908. The van der Waals surface area contributed by atoms with Crippen molar-refractivity contribution in [1.29, 1.82) is 0 Å². The van der Waals surface area contributed by atoms with Crippen molar-refractivity contribution in [3.8, 4) is 0 Å². The SMILES string of the molecule is O=C(O)c1ccc2c(c1)CC(=O)c1ccccc1C2. The number of hydrogen-bond donors (Lipinski definition) is 1. The number of benzene rings is 2. The van der Waals surface area contributed by atoms with E-state index in [1.54, 1.807) is 12.1 Å². The van der Waals surface area contributed by atoms with Gasteiger partial charge in [-0.2, -0.15) is 0 Å². The summed E-state index contributed by atoms with van der Waals surface area (Å²) in [5, 5.41) is 9.01. The van der Waals surface area contributed by atoms with Crippen LogP contribution in [0.25, 0.3) is 0 Å². The molecule has 0 saturated carbocycles. The van der Waals surface area contributed by atoms with Gasteiger partial charge in [0.25, 0.3) is 0 Å². The molecular formula is C16H12O3. The van der Waals surface area contributed by atoms with Crippen LogP contribution in [0.15, 0.2) is 42.5 Å². The monoisotopic (exact) mass is 252 g/mol. The van der Waals surface area contributed by atoms with Crippen LogP contribution in [-0.2, 0) is 12.8 Å². The second-order valence-corrected chi connectivity index (χ2v) is 4.72. The van der Waals surface area contributed by atoms with Crippen molar-refractivity contribution in [2.45, 2.75) is 12.8 Å². The molecule has 1 aliphatic rings. The summed E-state index contributed by atoms with van der Waals surface area (Å²) < 4.78 is 0. The van der Waals surface area contributed by atoms with Gasteiger partial charge in [-0.25, -0.2) is 4.79 Å². The molecule has 0 amide bonds. The molecule has 0 aromatic heterocycles. The van der Waals surface area contributed by atoms with Gasteiger partial charge >= 0.3 is 5.97 Å². The standard InChI is InChI=1S/C16H12O3/c17-15-9-13-8-12(16(18)19)6-5-10(13)7-11-3-1-2-4-14(11)15/h1-6,8H,7,9H2,(H,18,19). The quantitative estimate of drug-likeness (QED) is 0.849. The Hall–Kier alpha value is -2.42. The van der Waals surface area contributed by atoms with Gasteiger partial charge in [0, 0.05) is 12.0 Å². The molecule has 0 unspecified atom stereocenters. The van der Waals surface area contributed by atoms with Crippen LogP contribution in [0.5, 0.6) is 0 Å². The Labute approximate surface area is 110 Å². The Kier molecular flexibility index (Phi) is 2.67. The van der Waals surface area contributed by atoms with Crippen molar-refractivity contribution in [3.05, 3.63) is 70.3 Å². The number of fused-ring (bicyclic) bond motifs is 2. The van der Waals surface area contributed by atoms with E-state index in [-0.39, 0.29) is 17.8 Å². The number of aromatic carboxylic acids is 1. The topological polar surface area (TPSA) is 54.4 Å². The fourth-order valence-corrected chi connectivity index (χ4v) is 2.52. The molecule has 3 heteroatoms. The normalized spacial score (nSPS) is 13.4. The summed E-state index contributed by atoms with van der Waals surface area (Å²) >= 11 is 0. The van der Waals surface area contributed by atoms with Gasteiger partial charge in [-0.15, -0.1) is 0 Å². The third-order valence-corrected chi connectivity index (χ3v) is 3.50. The number of hydrogen-bond acceptors (Lipinski definition) is 2. The zero-order valence-electron chi connectivity index (χ0n) is 10.2. The maximum atomic E-state index is 12.2. The van der Waals surface area contributed by atoms with Crippen molar-refractivity contribution in [3.63, 3.8) is 0 Å². The molecule has 1 aliphatic carbocycles. The molecule has 0 atom stereocenters. The van der Waals surface area contributed by atoms with Crippen LogP contribution < -0.4 is 0 Å². The van der Waals surface area contributed by atoms with Crippen LogP contribution in [-0.4, -0.2) is 16.9 Å². The van der Waals surface area contributed by atoms with E-state index in [9.17, 15) is 9.59 Å². The average molecular weight is 252 g/mol. The van der Waals surface area contributed by atoms with Crippen LogP contribution in [0.1, 0.15) is 37.4 Å². The summed E-state index contributed by atoms with van der Waals surface area (Å²) in [6, 6.07) is 12.6. The van der Waals surface area contributed by atoms with Gasteiger partial charge < -0.3 is 5.11 Å². The minimum absolute atomic E-state index is 0.0527. The molecule has 0 saturated heterocycles. The van der Waals surface area contributed by atoms with Crippen LogP contribution in [0.3, 0.4) is 0 Å². The molecule has 0 bridgehead atoms. The number of rotatable bonds is 1. The predicted octanol–water partition coefficient (Wildman–Crippen LogP) is 2.71. The predicted molar refractivity (Wildman–Crippen MR) is 70.7 cm³/mol. The Morgan fingerprint density at radius 3 is 2.53 bits per heavy atom. The van der Waals surface area contributed by atoms with E-state index >= 15 is 0 Å².